The number of rotatable bonds is 10. The van der Waals surface area contributed by atoms with Crippen LogP contribution in [0.25, 0.3) is 11.0 Å². The quantitative estimate of drug-likeness (QED) is 0.293. The van der Waals surface area contributed by atoms with Crippen LogP contribution in [0.15, 0.2) is 54.6 Å². The summed E-state index contributed by atoms with van der Waals surface area (Å²) in [6, 6.07) is 15.1. The van der Waals surface area contributed by atoms with Crippen molar-refractivity contribution in [1.82, 2.24) is 25.2 Å². The molecule has 12 heteroatoms. The van der Waals surface area contributed by atoms with Gasteiger partial charge in [-0.25, -0.2) is 4.68 Å². The van der Waals surface area contributed by atoms with Crippen LogP contribution in [0, 0.1) is 0 Å². The summed E-state index contributed by atoms with van der Waals surface area (Å²) in [4.78, 5) is 30.0. The summed E-state index contributed by atoms with van der Waals surface area (Å²) in [6.45, 7) is 5.66. The summed E-state index contributed by atoms with van der Waals surface area (Å²) < 4.78 is 29.3. The molecule has 0 saturated carbocycles. The molecule has 0 radical (unpaired) electrons. The van der Waals surface area contributed by atoms with Gasteiger partial charge >= 0.3 is 0 Å². The van der Waals surface area contributed by atoms with Crippen molar-refractivity contribution in [3.05, 3.63) is 65.7 Å². The number of nitrogens with one attached hydrogen (secondary N) is 1. The van der Waals surface area contributed by atoms with Gasteiger partial charge in [-0.2, -0.15) is 0 Å². The van der Waals surface area contributed by atoms with Gasteiger partial charge in [-0.05, 0) is 68.3 Å². The molecule has 0 unspecified atom stereocenters. The fraction of sp³-hybridized carbons (Fsp3) is 0.355. The van der Waals surface area contributed by atoms with Gasteiger partial charge in [0, 0.05) is 12.1 Å². The lowest BCUT2D eigenvalue weighted by atomic mass is 9.99. The molecular formula is C31H35N5O7. The topological polar surface area (TPSA) is 126 Å². The number of carbonyl (C=O) groups excluding carboxylic acids is 2. The summed E-state index contributed by atoms with van der Waals surface area (Å²) in [6.07, 6.45) is 0. The number of amides is 2. The molecule has 1 aliphatic rings. The third-order valence-corrected chi connectivity index (χ3v) is 6.88. The van der Waals surface area contributed by atoms with Crippen molar-refractivity contribution in [2.24, 2.45) is 0 Å². The molecule has 226 valence electrons. The lowest BCUT2D eigenvalue weighted by Gasteiger charge is -2.34. The van der Waals surface area contributed by atoms with E-state index in [1.54, 1.807) is 24.3 Å². The fourth-order valence-corrected chi connectivity index (χ4v) is 4.98. The van der Waals surface area contributed by atoms with Gasteiger partial charge in [-0.15, -0.1) is 5.10 Å². The minimum absolute atomic E-state index is 0.0704. The zero-order chi connectivity index (χ0) is 30.7. The maximum atomic E-state index is 14.3. The van der Waals surface area contributed by atoms with Crippen LogP contribution in [0.1, 0.15) is 37.9 Å². The Morgan fingerprint density at radius 2 is 1.67 bits per heavy atom. The number of para-hydroxylation sites is 1. The number of fused-ring (bicyclic) bond motifs is 2. The molecule has 0 saturated heterocycles. The van der Waals surface area contributed by atoms with Gasteiger partial charge in [0.1, 0.15) is 18.1 Å². The molecule has 4 aromatic rings. The molecule has 3 aromatic carbocycles. The number of aromatic nitrogens is 3. The zero-order valence-corrected chi connectivity index (χ0v) is 25.0. The van der Waals surface area contributed by atoms with Gasteiger partial charge in [0.25, 0.3) is 0 Å². The first-order chi connectivity index (χ1) is 20.6. The number of hydrogen-bond acceptors (Lipinski definition) is 9. The Morgan fingerprint density at radius 1 is 0.977 bits per heavy atom. The normalized spacial score (nSPS) is 13.0. The maximum Gasteiger partial charge on any atom is 0.247 e. The first-order valence-electron chi connectivity index (χ1n) is 13.7. The highest BCUT2D eigenvalue weighted by Gasteiger charge is 2.35. The van der Waals surface area contributed by atoms with Crippen LogP contribution in [0.4, 0.5) is 0 Å². The number of carbonyl (C=O) groups is 2. The molecule has 0 aliphatic carbocycles. The average molecular weight is 590 g/mol. The first kappa shape index (κ1) is 29.5. The third-order valence-electron chi connectivity index (χ3n) is 6.88. The predicted octanol–water partition coefficient (Wildman–Crippen LogP) is 3.87. The highest BCUT2D eigenvalue weighted by molar-refractivity contribution is 5.90. The molecule has 2 amide bonds. The molecule has 12 nitrogen and oxygen atoms in total. The molecule has 1 aliphatic heterocycles. The largest absolute Gasteiger partial charge is 0.493 e. The van der Waals surface area contributed by atoms with Crippen molar-refractivity contribution < 1.29 is 33.3 Å². The Kier molecular flexibility index (Phi) is 8.29. The molecule has 5 rings (SSSR count). The van der Waals surface area contributed by atoms with Crippen molar-refractivity contribution in [3.8, 4) is 28.7 Å². The number of benzene rings is 3. The average Bonchev–Trinajstić information content (AvgIpc) is 3.62. The summed E-state index contributed by atoms with van der Waals surface area (Å²) in [5.74, 6) is 1.49. The Balaban J connectivity index is 1.63. The second kappa shape index (κ2) is 12.1. The number of hydrogen-bond donors (Lipinski definition) is 1. The van der Waals surface area contributed by atoms with E-state index in [-0.39, 0.29) is 31.7 Å². The maximum absolute atomic E-state index is 14.3. The van der Waals surface area contributed by atoms with Gasteiger partial charge in [-0.1, -0.05) is 23.4 Å². The van der Waals surface area contributed by atoms with Crippen molar-refractivity contribution >= 4 is 22.8 Å². The van der Waals surface area contributed by atoms with Crippen LogP contribution in [0.2, 0.25) is 0 Å². The van der Waals surface area contributed by atoms with E-state index in [1.165, 1.54) is 30.9 Å². The van der Waals surface area contributed by atoms with E-state index < -0.39 is 11.6 Å². The standard InChI is InChI=1S/C31H35N5O7/c1-31(2,3)32-30(38)28(20-14-25(39-4)29(41-6)26(15-20)40-5)35(16-19-11-12-23-24(13-19)43-18-42-23)27(37)17-36-22-10-8-7-9-21(22)33-34-36/h7-15,28H,16-18H2,1-6H3,(H,32,38)/t28-/m0/s1. The van der Waals surface area contributed by atoms with Crippen molar-refractivity contribution in [3.63, 3.8) is 0 Å². The first-order valence-corrected chi connectivity index (χ1v) is 13.7. The van der Waals surface area contributed by atoms with Crippen LogP contribution in [0.5, 0.6) is 28.7 Å². The van der Waals surface area contributed by atoms with E-state index in [0.717, 1.165) is 5.56 Å². The second-order valence-electron chi connectivity index (χ2n) is 11.0. The van der Waals surface area contributed by atoms with E-state index in [9.17, 15) is 9.59 Å². The van der Waals surface area contributed by atoms with E-state index in [0.29, 0.717) is 45.3 Å². The summed E-state index contributed by atoms with van der Waals surface area (Å²) in [7, 11) is 4.50. The van der Waals surface area contributed by atoms with Crippen LogP contribution >= 0.6 is 0 Å². The molecular weight excluding hydrogens is 554 g/mol. The van der Waals surface area contributed by atoms with Crippen LogP contribution < -0.4 is 29.0 Å². The third kappa shape index (κ3) is 6.27. The van der Waals surface area contributed by atoms with Gasteiger partial charge in [-0.3, -0.25) is 9.59 Å². The number of nitrogens with zero attached hydrogens (tertiary/aromatic N) is 4. The highest BCUT2D eigenvalue weighted by atomic mass is 16.7. The smallest absolute Gasteiger partial charge is 0.247 e. The monoisotopic (exact) mass is 589 g/mol. The molecule has 1 aromatic heterocycles. The van der Waals surface area contributed by atoms with Crippen LogP contribution in [-0.4, -0.2) is 65.4 Å². The Morgan fingerprint density at radius 3 is 2.35 bits per heavy atom. The molecule has 43 heavy (non-hydrogen) atoms. The van der Waals surface area contributed by atoms with E-state index in [2.05, 4.69) is 15.6 Å². The molecule has 0 bridgehead atoms. The zero-order valence-electron chi connectivity index (χ0n) is 25.0. The summed E-state index contributed by atoms with van der Waals surface area (Å²) in [5.41, 5.74) is 1.97. The molecule has 0 fully saturated rings. The van der Waals surface area contributed by atoms with Gasteiger partial charge < -0.3 is 33.9 Å². The van der Waals surface area contributed by atoms with Crippen molar-refractivity contribution in [2.45, 2.75) is 45.4 Å². The minimum Gasteiger partial charge on any atom is -0.493 e. The molecule has 0 spiro atoms. The lowest BCUT2D eigenvalue weighted by Crippen LogP contribution is -2.49. The van der Waals surface area contributed by atoms with Gasteiger partial charge in [0.15, 0.2) is 23.0 Å². The van der Waals surface area contributed by atoms with E-state index >= 15 is 0 Å². The summed E-state index contributed by atoms with van der Waals surface area (Å²) in [5, 5.41) is 11.4. The van der Waals surface area contributed by atoms with E-state index in [1.807, 2.05) is 51.1 Å². The SMILES string of the molecule is COc1cc([C@@H](C(=O)NC(C)(C)C)N(Cc2ccc3c(c2)OCO3)C(=O)Cn2nnc3ccccc32)cc(OC)c1OC. The minimum atomic E-state index is -1.10. The number of methoxy groups -OCH3 is 3. The van der Waals surface area contributed by atoms with Crippen LogP contribution in [0.3, 0.4) is 0 Å². The van der Waals surface area contributed by atoms with Crippen LogP contribution in [-0.2, 0) is 22.7 Å². The Labute approximate surface area is 249 Å². The lowest BCUT2D eigenvalue weighted by molar-refractivity contribution is -0.142. The van der Waals surface area contributed by atoms with Gasteiger partial charge in [0.05, 0.1) is 26.8 Å². The second-order valence-corrected chi connectivity index (χ2v) is 11.0. The van der Waals surface area contributed by atoms with Crippen molar-refractivity contribution in [2.75, 3.05) is 28.1 Å². The number of ether oxygens (including phenoxy) is 5. The highest BCUT2D eigenvalue weighted by Crippen LogP contribution is 2.41. The molecule has 1 N–H and O–H groups in total. The molecule has 2 heterocycles. The Hall–Kier alpha value is -5.00. The fourth-order valence-electron chi connectivity index (χ4n) is 4.98. The summed E-state index contributed by atoms with van der Waals surface area (Å²) >= 11 is 0. The predicted molar refractivity (Wildman–Crippen MR) is 157 cm³/mol. The van der Waals surface area contributed by atoms with Gasteiger partial charge in [0.2, 0.25) is 24.4 Å². The Bertz CT molecular complexity index is 1620. The molecule has 1 atom stereocenters. The van der Waals surface area contributed by atoms with Crippen molar-refractivity contribution in [1.29, 1.82) is 0 Å². The van der Waals surface area contributed by atoms with E-state index in [4.69, 9.17) is 23.7 Å².